The van der Waals surface area contributed by atoms with Gasteiger partial charge in [0, 0.05) is 17.0 Å². The van der Waals surface area contributed by atoms with Gasteiger partial charge in [0.2, 0.25) is 0 Å². The molecule has 1 heterocycles. The van der Waals surface area contributed by atoms with E-state index in [9.17, 15) is 0 Å². The molecule has 108 valence electrons. The van der Waals surface area contributed by atoms with Crippen LogP contribution in [0.3, 0.4) is 0 Å². The molecular weight excluding hydrogens is 266 g/mol. The second-order valence-electron chi connectivity index (χ2n) is 6.34. The molecule has 1 unspecified atom stereocenters. The number of rotatable bonds is 4. The number of para-hydroxylation sites is 1. The van der Waals surface area contributed by atoms with E-state index in [0.29, 0.717) is 12.5 Å². The predicted molar refractivity (Wildman–Crippen MR) is 88.8 cm³/mol. The van der Waals surface area contributed by atoms with Gasteiger partial charge in [0.15, 0.2) is 0 Å². The van der Waals surface area contributed by atoms with Crippen molar-refractivity contribution in [1.82, 2.24) is 4.98 Å². The summed E-state index contributed by atoms with van der Waals surface area (Å²) in [5.41, 5.74) is 2.14. The minimum Gasteiger partial charge on any atom is -0.491 e. The van der Waals surface area contributed by atoms with Gasteiger partial charge in [0.05, 0.1) is 6.61 Å². The van der Waals surface area contributed by atoms with Gasteiger partial charge in [-0.25, -0.2) is 4.98 Å². The Morgan fingerprint density at radius 1 is 1.20 bits per heavy atom. The first kappa shape index (κ1) is 15.2. The molecule has 3 heteroatoms. The Morgan fingerprint density at radius 2 is 1.95 bits per heavy atom. The maximum Gasteiger partial charge on any atom is 0.145 e. The van der Waals surface area contributed by atoms with Crippen LogP contribution < -0.4 is 4.74 Å². The number of aromatic nitrogens is 1. The molecule has 0 saturated heterocycles. The third-order valence-electron chi connectivity index (χ3n) is 3.71. The standard InChI is InChI=1S/C17H23NOS/c1-12-8-9-13-6-5-7-15(16(13)18-12)19-10-14(11-20)17(2,3)4/h5-9,14,20H,10-11H2,1-4H3. The predicted octanol–water partition coefficient (Wildman–Crippen LogP) is 4.51. The monoisotopic (exact) mass is 289 g/mol. The Labute approximate surface area is 127 Å². The average molecular weight is 289 g/mol. The molecule has 2 nitrogen and oxygen atoms in total. The zero-order valence-corrected chi connectivity index (χ0v) is 13.6. The highest BCUT2D eigenvalue weighted by atomic mass is 32.1. The summed E-state index contributed by atoms with van der Waals surface area (Å²) < 4.78 is 6.04. The molecule has 2 aromatic rings. The number of benzene rings is 1. The van der Waals surface area contributed by atoms with Crippen molar-refractivity contribution in [2.75, 3.05) is 12.4 Å². The SMILES string of the molecule is Cc1ccc2cccc(OCC(CS)C(C)(C)C)c2n1. The summed E-state index contributed by atoms with van der Waals surface area (Å²) in [4.78, 5) is 4.60. The zero-order valence-electron chi connectivity index (χ0n) is 12.7. The lowest BCUT2D eigenvalue weighted by Crippen LogP contribution is -2.28. The van der Waals surface area contributed by atoms with E-state index in [-0.39, 0.29) is 5.41 Å². The summed E-state index contributed by atoms with van der Waals surface area (Å²) >= 11 is 4.45. The van der Waals surface area contributed by atoms with E-state index in [2.05, 4.69) is 50.5 Å². The van der Waals surface area contributed by atoms with Crippen molar-refractivity contribution in [3.05, 3.63) is 36.0 Å². The number of fused-ring (bicyclic) bond motifs is 1. The third kappa shape index (κ3) is 3.45. The van der Waals surface area contributed by atoms with Crippen molar-refractivity contribution in [3.8, 4) is 5.75 Å². The first-order chi connectivity index (χ1) is 9.41. The molecule has 0 fully saturated rings. The smallest absolute Gasteiger partial charge is 0.145 e. The topological polar surface area (TPSA) is 22.1 Å². The minimum absolute atomic E-state index is 0.190. The molecule has 0 aliphatic heterocycles. The minimum atomic E-state index is 0.190. The van der Waals surface area contributed by atoms with Crippen LogP contribution in [0.1, 0.15) is 26.5 Å². The molecule has 1 aromatic carbocycles. The third-order valence-corrected chi connectivity index (χ3v) is 4.15. The van der Waals surface area contributed by atoms with Crippen molar-refractivity contribution in [1.29, 1.82) is 0 Å². The summed E-state index contributed by atoms with van der Waals surface area (Å²) in [5.74, 6) is 2.09. The molecule has 0 amide bonds. The van der Waals surface area contributed by atoms with Crippen molar-refractivity contribution in [2.45, 2.75) is 27.7 Å². The Kier molecular flexibility index (Phi) is 4.59. The van der Waals surface area contributed by atoms with E-state index in [1.165, 1.54) is 0 Å². The fourth-order valence-corrected chi connectivity index (χ4v) is 2.75. The molecule has 0 bridgehead atoms. The maximum absolute atomic E-state index is 6.04. The number of pyridine rings is 1. The van der Waals surface area contributed by atoms with E-state index in [4.69, 9.17) is 4.74 Å². The molecular formula is C17H23NOS. The lowest BCUT2D eigenvalue weighted by molar-refractivity contribution is 0.166. The highest BCUT2D eigenvalue weighted by molar-refractivity contribution is 7.80. The second-order valence-corrected chi connectivity index (χ2v) is 6.70. The molecule has 0 aliphatic rings. The van der Waals surface area contributed by atoms with Gasteiger partial charge in [0.1, 0.15) is 11.3 Å². The van der Waals surface area contributed by atoms with Gasteiger partial charge in [-0.15, -0.1) is 0 Å². The highest BCUT2D eigenvalue weighted by Crippen LogP contribution is 2.29. The highest BCUT2D eigenvalue weighted by Gasteiger charge is 2.24. The Balaban J connectivity index is 2.23. The first-order valence-electron chi connectivity index (χ1n) is 7.02. The van der Waals surface area contributed by atoms with Gasteiger partial charge < -0.3 is 4.74 Å². The molecule has 0 aliphatic carbocycles. The molecule has 0 saturated carbocycles. The Morgan fingerprint density at radius 3 is 2.60 bits per heavy atom. The molecule has 0 radical (unpaired) electrons. The van der Waals surface area contributed by atoms with Crippen LogP contribution in [-0.4, -0.2) is 17.3 Å². The Bertz CT molecular complexity index is 589. The van der Waals surface area contributed by atoms with Gasteiger partial charge in [-0.1, -0.05) is 39.0 Å². The summed E-state index contributed by atoms with van der Waals surface area (Å²) in [6, 6.07) is 10.2. The van der Waals surface area contributed by atoms with Gasteiger partial charge in [-0.05, 0) is 30.2 Å². The first-order valence-corrected chi connectivity index (χ1v) is 7.65. The summed E-state index contributed by atoms with van der Waals surface area (Å²) in [6.07, 6.45) is 0. The fraction of sp³-hybridized carbons (Fsp3) is 0.471. The van der Waals surface area contributed by atoms with Crippen LogP contribution >= 0.6 is 12.6 Å². The summed E-state index contributed by atoms with van der Waals surface area (Å²) in [6.45, 7) is 9.35. The van der Waals surface area contributed by atoms with Crippen LogP contribution in [0.2, 0.25) is 0 Å². The molecule has 20 heavy (non-hydrogen) atoms. The lowest BCUT2D eigenvalue weighted by Gasteiger charge is -2.29. The quantitative estimate of drug-likeness (QED) is 0.836. The molecule has 0 spiro atoms. The van der Waals surface area contributed by atoms with Crippen molar-refractivity contribution >= 4 is 23.5 Å². The van der Waals surface area contributed by atoms with E-state index in [1.54, 1.807) is 0 Å². The van der Waals surface area contributed by atoms with Crippen molar-refractivity contribution < 1.29 is 4.74 Å². The number of aryl methyl sites for hydroxylation is 1. The molecule has 2 rings (SSSR count). The number of thiol groups is 1. The number of hydrogen-bond acceptors (Lipinski definition) is 3. The van der Waals surface area contributed by atoms with E-state index >= 15 is 0 Å². The van der Waals surface area contributed by atoms with Crippen LogP contribution in [0, 0.1) is 18.3 Å². The normalized spacial score (nSPS) is 13.4. The van der Waals surface area contributed by atoms with Gasteiger partial charge in [0.25, 0.3) is 0 Å². The molecule has 1 atom stereocenters. The van der Waals surface area contributed by atoms with Crippen LogP contribution in [0.25, 0.3) is 10.9 Å². The number of hydrogen-bond donors (Lipinski definition) is 1. The van der Waals surface area contributed by atoms with Crippen LogP contribution in [0.5, 0.6) is 5.75 Å². The van der Waals surface area contributed by atoms with Gasteiger partial charge in [-0.3, -0.25) is 0 Å². The Hall–Kier alpha value is -1.22. The lowest BCUT2D eigenvalue weighted by atomic mass is 9.82. The van der Waals surface area contributed by atoms with E-state index < -0.39 is 0 Å². The summed E-state index contributed by atoms with van der Waals surface area (Å²) in [5, 5.41) is 1.12. The van der Waals surface area contributed by atoms with Gasteiger partial charge in [-0.2, -0.15) is 12.6 Å². The van der Waals surface area contributed by atoms with Crippen molar-refractivity contribution in [3.63, 3.8) is 0 Å². The van der Waals surface area contributed by atoms with Crippen LogP contribution in [0.15, 0.2) is 30.3 Å². The van der Waals surface area contributed by atoms with E-state index in [1.807, 2.05) is 25.1 Å². The molecule has 1 aromatic heterocycles. The number of ether oxygens (including phenoxy) is 1. The average Bonchev–Trinajstić information content (AvgIpc) is 2.38. The van der Waals surface area contributed by atoms with Gasteiger partial charge >= 0.3 is 0 Å². The maximum atomic E-state index is 6.04. The second kappa shape index (κ2) is 6.04. The zero-order chi connectivity index (χ0) is 14.8. The fourth-order valence-electron chi connectivity index (χ4n) is 2.10. The summed E-state index contributed by atoms with van der Waals surface area (Å²) in [7, 11) is 0. The largest absolute Gasteiger partial charge is 0.491 e. The number of nitrogens with zero attached hydrogens (tertiary/aromatic N) is 1. The van der Waals surface area contributed by atoms with Crippen LogP contribution in [-0.2, 0) is 0 Å². The van der Waals surface area contributed by atoms with E-state index in [0.717, 1.165) is 28.1 Å². The van der Waals surface area contributed by atoms with Crippen LogP contribution in [0.4, 0.5) is 0 Å². The van der Waals surface area contributed by atoms with Crippen molar-refractivity contribution in [2.24, 2.45) is 11.3 Å². The molecule has 0 N–H and O–H groups in total.